The molecule has 0 aromatic heterocycles. The maximum atomic E-state index is 10.7. The third-order valence-corrected chi connectivity index (χ3v) is 2.25. The van der Waals surface area contributed by atoms with Crippen LogP contribution in [0.4, 0.5) is 0 Å². The Bertz CT molecular complexity index is 319. The highest BCUT2D eigenvalue weighted by atomic mass is 79.9. The third-order valence-electron chi connectivity index (χ3n) is 1.02. The monoisotopic (exact) mass is 297 g/mol. The van der Waals surface area contributed by atoms with Crippen LogP contribution in [0.1, 0.15) is 0 Å². The summed E-state index contributed by atoms with van der Waals surface area (Å²) in [7, 11) is 0. The molecule has 0 unspecified atom stereocenters. The summed E-state index contributed by atoms with van der Waals surface area (Å²) in [4.78, 5) is 20.2. The molecule has 12 heavy (non-hydrogen) atoms. The summed E-state index contributed by atoms with van der Waals surface area (Å²) in [6.07, 6.45) is 1.23. The largest absolute Gasteiger partial charge is 0.414 e. The van der Waals surface area contributed by atoms with E-state index in [0.717, 1.165) is 0 Å². The lowest BCUT2D eigenvalue weighted by Gasteiger charge is -1.92. The SMILES string of the molecule is O=C1O/C(=C(\Br)[N+](=O)[O-])C=C1Br. The highest BCUT2D eigenvalue weighted by Crippen LogP contribution is 2.26. The molecule has 0 spiro atoms. The van der Waals surface area contributed by atoms with Crippen LogP contribution in [0.2, 0.25) is 0 Å². The normalized spacial score (nSPS) is 20.2. The predicted molar refractivity (Wildman–Crippen MR) is 46.0 cm³/mol. The number of ether oxygens (including phenoxy) is 1. The number of nitrogens with zero attached hydrogens (tertiary/aromatic N) is 1. The van der Waals surface area contributed by atoms with E-state index in [0.29, 0.717) is 0 Å². The molecule has 0 aromatic carbocycles. The van der Waals surface area contributed by atoms with E-state index in [4.69, 9.17) is 0 Å². The van der Waals surface area contributed by atoms with E-state index in [1.807, 2.05) is 0 Å². The van der Waals surface area contributed by atoms with Crippen LogP contribution in [0.25, 0.3) is 0 Å². The number of esters is 1. The average Bonchev–Trinajstić information content (AvgIpc) is 2.30. The van der Waals surface area contributed by atoms with Gasteiger partial charge in [0.05, 0.1) is 4.92 Å². The summed E-state index contributed by atoms with van der Waals surface area (Å²) in [6.45, 7) is 0. The van der Waals surface area contributed by atoms with Crippen LogP contribution in [0.5, 0.6) is 0 Å². The molecule has 0 aromatic rings. The lowest BCUT2D eigenvalue weighted by Crippen LogP contribution is -1.99. The van der Waals surface area contributed by atoms with E-state index >= 15 is 0 Å². The molecule has 0 saturated heterocycles. The minimum absolute atomic E-state index is 0.100. The van der Waals surface area contributed by atoms with Gasteiger partial charge in [0.15, 0.2) is 0 Å². The number of rotatable bonds is 1. The van der Waals surface area contributed by atoms with Gasteiger partial charge in [0.1, 0.15) is 4.48 Å². The molecule has 0 amide bonds. The Morgan fingerprint density at radius 1 is 1.67 bits per heavy atom. The van der Waals surface area contributed by atoms with Gasteiger partial charge in [0.2, 0.25) is 5.76 Å². The van der Waals surface area contributed by atoms with Gasteiger partial charge in [0.25, 0.3) is 0 Å². The van der Waals surface area contributed by atoms with E-state index < -0.39 is 10.9 Å². The molecule has 0 N–H and O–H groups in total. The Morgan fingerprint density at radius 3 is 2.58 bits per heavy atom. The minimum atomic E-state index is -0.690. The van der Waals surface area contributed by atoms with Crippen molar-refractivity contribution < 1.29 is 14.5 Å². The average molecular weight is 299 g/mol. The van der Waals surface area contributed by atoms with Crippen molar-refractivity contribution in [3.05, 3.63) is 31.0 Å². The first-order valence-electron chi connectivity index (χ1n) is 2.66. The summed E-state index contributed by atoms with van der Waals surface area (Å²) in [5.41, 5.74) is 0. The Morgan fingerprint density at radius 2 is 2.25 bits per heavy atom. The number of nitro groups is 1. The van der Waals surface area contributed by atoms with Crippen LogP contribution in [0.3, 0.4) is 0 Å². The van der Waals surface area contributed by atoms with Crippen molar-refractivity contribution in [3.63, 3.8) is 0 Å². The lowest BCUT2D eigenvalue weighted by atomic mass is 10.5. The van der Waals surface area contributed by atoms with E-state index in [9.17, 15) is 14.9 Å². The zero-order chi connectivity index (χ0) is 9.30. The molecule has 0 atom stereocenters. The smallest absolute Gasteiger partial charge is 0.352 e. The van der Waals surface area contributed by atoms with Crippen LogP contribution >= 0.6 is 31.9 Å². The molecule has 5 nitrogen and oxygen atoms in total. The van der Waals surface area contributed by atoms with Crippen molar-refractivity contribution >= 4 is 37.8 Å². The van der Waals surface area contributed by atoms with Crippen molar-refractivity contribution in [1.82, 2.24) is 0 Å². The van der Waals surface area contributed by atoms with E-state index in [2.05, 4.69) is 36.6 Å². The highest BCUT2D eigenvalue weighted by molar-refractivity contribution is 9.12. The zero-order valence-corrected chi connectivity index (χ0v) is 8.59. The predicted octanol–water partition coefficient (Wildman–Crippen LogP) is 1.66. The minimum Gasteiger partial charge on any atom is -0.414 e. The van der Waals surface area contributed by atoms with Gasteiger partial charge in [-0.15, -0.1) is 0 Å². The standard InChI is InChI=1S/C5HBr2NO4/c6-2-1-3(12-5(2)9)4(7)8(10)11/h1H/b4-3+. The summed E-state index contributed by atoms with van der Waals surface area (Å²) in [5.74, 6) is -0.735. The molecule has 0 saturated carbocycles. The second-order valence-electron chi connectivity index (χ2n) is 1.79. The van der Waals surface area contributed by atoms with Gasteiger partial charge in [-0.25, -0.2) is 4.79 Å². The maximum Gasteiger partial charge on any atom is 0.352 e. The van der Waals surface area contributed by atoms with Crippen molar-refractivity contribution in [3.8, 4) is 0 Å². The fourth-order valence-electron chi connectivity index (χ4n) is 0.544. The Kier molecular flexibility index (Phi) is 2.63. The van der Waals surface area contributed by atoms with Crippen molar-refractivity contribution in [2.75, 3.05) is 0 Å². The topological polar surface area (TPSA) is 69.4 Å². The molecule has 0 radical (unpaired) electrons. The van der Waals surface area contributed by atoms with Gasteiger partial charge in [0, 0.05) is 22.0 Å². The van der Waals surface area contributed by atoms with Crippen LogP contribution in [-0.2, 0) is 9.53 Å². The van der Waals surface area contributed by atoms with Crippen LogP contribution in [0.15, 0.2) is 20.9 Å². The molecule has 0 fully saturated rings. The number of halogens is 2. The Hall–Kier alpha value is -0.690. The van der Waals surface area contributed by atoms with Gasteiger partial charge < -0.3 is 4.74 Å². The summed E-state index contributed by atoms with van der Waals surface area (Å²) >= 11 is 5.53. The molecule has 7 heteroatoms. The summed E-state index contributed by atoms with van der Waals surface area (Å²) < 4.78 is 4.30. The molecular formula is C5HBr2NO4. The lowest BCUT2D eigenvalue weighted by molar-refractivity contribution is -0.411. The first-order valence-corrected chi connectivity index (χ1v) is 4.24. The molecular weight excluding hydrogens is 298 g/mol. The quantitative estimate of drug-likeness (QED) is 0.319. The van der Waals surface area contributed by atoms with Crippen molar-refractivity contribution in [2.45, 2.75) is 0 Å². The number of hydrogen-bond acceptors (Lipinski definition) is 4. The van der Waals surface area contributed by atoms with Gasteiger partial charge >= 0.3 is 10.6 Å². The zero-order valence-electron chi connectivity index (χ0n) is 5.41. The summed E-state index contributed by atoms with van der Waals surface area (Å²) in [5, 5.41) is 10.2. The summed E-state index contributed by atoms with van der Waals surface area (Å²) in [6, 6.07) is 0. The Labute approximate surface area is 83.5 Å². The molecule has 64 valence electrons. The number of carbonyl (C=O) groups excluding carboxylic acids is 1. The second-order valence-corrected chi connectivity index (χ2v) is 3.40. The number of hydrogen-bond donors (Lipinski definition) is 0. The first kappa shape index (κ1) is 9.40. The van der Waals surface area contributed by atoms with Crippen LogP contribution in [0, 0.1) is 10.1 Å². The van der Waals surface area contributed by atoms with Crippen molar-refractivity contribution in [2.24, 2.45) is 0 Å². The highest BCUT2D eigenvalue weighted by Gasteiger charge is 2.26. The van der Waals surface area contributed by atoms with Crippen LogP contribution < -0.4 is 0 Å². The fourth-order valence-corrected chi connectivity index (χ4v) is 1.03. The number of cyclic esters (lactones) is 1. The molecule has 1 aliphatic rings. The molecule has 1 aliphatic heterocycles. The molecule has 0 bridgehead atoms. The van der Waals surface area contributed by atoms with Gasteiger partial charge in [-0.2, -0.15) is 0 Å². The van der Waals surface area contributed by atoms with Gasteiger partial charge in [-0.1, -0.05) is 0 Å². The van der Waals surface area contributed by atoms with Crippen molar-refractivity contribution in [1.29, 1.82) is 0 Å². The number of carbonyl (C=O) groups is 1. The molecule has 1 rings (SSSR count). The van der Waals surface area contributed by atoms with E-state index in [1.54, 1.807) is 0 Å². The van der Waals surface area contributed by atoms with Gasteiger partial charge in [-0.3, -0.25) is 10.1 Å². The number of allylic oxidation sites excluding steroid dienone is 1. The maximum absolute atomic E-state index is 10.7. The van der Waals surface area contributed by atoms with E-state index in [1.165, 1.54) is 6.08 Å². The second kappa shape index (κ2) is 3.36. The molecule has 1 heterocycles. The third kappa shape index (κ3) is 1.72. The Balaban J connectivity index is 3.03. The van der Waals surface area contributed by atoms with Gasteiger partial charge in [-0.05, 0) is 15.9 Å². The van der Waals surface area contributed by atoms with E-state index in [-0.39, 0.29) is 14.8 Å². The molecule has 0 aliphatic carbocycles. The first-order chi connectivity index (χ1) is 5.52. The van der Waals surface area contributed by atoms with Crippen LogP contribution in [-0.4, -0.2) is 10.9 Å². The fraction of sp³-hybridized carbons (Fsp3) is 0.